The highest BCUT2D eigenvalue weighted by Gasteiger charge is 2.50. The van der Waals surface area contributed by atoms with Crippen LogP contribution >= 0.6 is 0 Å². The van der Waals surface area contributed by atoms with Gasteiger partial charge in [0.25, 0.3) is 0 Å². The lowest BCUT2D eigenvalue weighted by atomic mass is 10.2. The van der Waals surface area contributed by atoms with Gasteiger partial charge in [-0.25, -0.2) is 4.79 Å². The molecule has 0 radical (unpaired) electrons. The summed E-state index contributed by atoms with van der Waals surface area (Å²) in [6.07, 6.45) is 3.27. The minimum absolute atomic E-state index is 0.243. The summed E-state index contributed by atoms with van der Waals surface area (Å²) in [6.45, 7) is 8.00. The summed E-state index contributed by atoms with van der Waals surface area (Å²) in [4.78, 5) is 18.0. The number of carbonyl (C=O) groups excluding carboxylic acids is 1. The Morgan fingerprint density at radius 3 is 2.52 bits per heavy atom. The van der Waals surface area contributed by atoms with Crippen molar-refractivity contribution in [2.45, 2.75) is 51.7 Å². The molecule has 0 atom stereocenters. The molecule has 21 heavy (non-hydrogen) atoms. The lowest BCUT2D eigenvalue weighted by Gasteiger charge is -2.30. The topological polar surface area (TPSA) is 51.7 Å². The summed E-state index contributed by atoms with van der Waals surface area (Å²) in [5, 5.41) is 0. The van der Waals surface area contributed by atoms with E-state index in [-0.39, 0.29) is 11.6 Å². The lowest BCUT2D eigenvalue weighted by Crippen LogP contribution is -2.45. The van der Waals surface area contributed by atoms with Crippen LogP contribution < -0.4 is 4.74 Å². The van der Waals surface area contributed by atoms with E-state index in [9.17, 15) is 4.79 Å². The highest BCUT2D eigenvalue weighted by Crippen LogP contribution is 2.41. The van der Waals surface area contributed by atoms with Crippen LogP contribution in [0.5, 0.6) is 5.75 Å². The normalized spacial score (nSPS) is 16.2. The Labute approximate surface area is 126 Å². The van der Waals surface area contributed by atoms with Crippen molar-refractivity contribution >= 4 is 6.09 Å². The molecule has 1 aliphatic rings. The van der Waals surface area contributed by atoms with Gasteiger partial charge in [0.2, 0.25) is 0 Å². The summed E-state index contributed by atoms with van der Waals surface area (Å²) < 4.78 is 11.2. The van der Waals surface area contributed by atoms with Crippen molar-refractivity contribution in [3.05, 3.63) is 24.0 Å². The van der Waals surface area contributed by atoms with Crippen LogP contribution in [0.4, 0.5) is 4.79 Å². The van der Waals surface area contributed by atoms with Crippen molar-refractivity contribution in [3.8, 4) is 5.75 Å². The van der Waals surface area contributed by atoms with E-state index in [0.717, 1.165) is 24.3 Å². The summed E-state index contributed by atoms with van der Waals surface area (Å²) >= 11 is 0. The van der Waals surface area contributed by atoms with E-state index in [1.165, 1.54) is 0 Å². The largest absolute Gasteiger partial charge is 0.490 e. The minimum atomic E-state index is -0.483. The van der Waals surface area contributed by atoms with E-state index in [2.05, 4.69) is 4.98 Å². The molecule has 1 aliphatic carbocycles. The highest BCUT2D eigenvalue weighted by molar-refractivity contribution is 5.69. The van der Waals surface area contributed by atoms with Gasteiger partial charge in [0.1, 0.15) is 18.0 Å². The van der Waals surface area contributed by atoms with E-state index in [1.807, 2.05) is 39.8 Å². The molecule has 5 heteroatoms. The maximum absolute atomic E-state index is 12.1. The Morgan fingerprint density at radius 2 is 2.05 bits per heavy atom. The summed E-state index contributed by atoms with van der Waals surface area (Å²) in [7, 11) is 1.78. The van der Waals surface area contributed by atoms with Gasteiger partial charge < -0.3 is 14.4 Å². The SMILES string of the molecule is Cc1ccc(OCC2(N(C)C(=O)OC(C)(C)C)CC2)cn1. The van der Waals surface area contributed by atoms with Gasteiger partial charge >= 0.3 is 6.09 Å². The molecule has 1 aromatic heterocycles. The van der Waals surface area contributed by atoms with Crippen molar-refractivity contribution in [2.75, 3.05) is 13.7 Å². The Kier molecular flexibility index (Phi) is 4.12. The maximum Gasteiger partial charge on any atom is 0.410 e. The molecule has 5 nitrogen and oxygen atoms in total. The number of hydrogen-bond acceptors (Lipinski definition) is 4. The van der Waals surface area contributed by atoms with Crippen molar-refractivity contribution in [3.63, 3.8) is 0 Å². The van der Waals surface area contributed by atoms with Crippen molar-refractivity contribution in [1.82, 2.24) is 9.88 Å². The van der Waals surface area contributed by atoms with Gasteiger partial charge in [0.15, 0.2) is 0 Å². The van der Waals surface area contributed by atoms with E-state index in [0.29, 0.717) is 6.61 Å². The number of ether oxygens (including phenoxy) is 2. The van der Waals surface area contributed by atoms with Crippen LogP contribution in [0.2, 0.25) is 0 Å². The average Bonchev–Trinajstić information content (AvgIpc) is 3.16. The molecule has 0 saturated heterocycles. The fourth-order valence-electron chi connectivity index (χ4n) is 2.00. The fraction of sp³-hybridized carbons (Fsp3) is 0.625. The van der Waals surface area contributed by atoms with Crippen LogP contribution in [-0.2, 0) is 4.74 Å². The Balaban J connectivity index is 1.93. The van der Waals surface area contributed by atoms with Crippen molar-refractivity contribution in [1.29, 1.82) is 0 Å². The van der Waals surface area contributed by atoms with Gasteiger partial charge in [-0.2, -0.15) is 0 Å². The van der Waals surface area contributed by atoms with Crippen molar-refractivity contribution in [2.24, 2.45) is 0 Å². The molecule has 0 aliphatic heterocycles. The van der Waals surface area contributed by atoms with Crippen LogP contribution in [-0.4, -0.2) is 40.8 Å². The molecule has 1 heterocycles. The number of amides is 1. The molecule has 0 aromatic carbocycles. The standard InChI is InChI=1S/C16H24N2O3/c1-12-6-7-13(10-17-12)20-11-16(8-9-16)18(5)14(19)21-15(2,3)4/h6-7,10H,8-9,11H2,1-5H3. The number of aryl methyl sites for hydroxylation is 1. The Bertz CT molecular complexity index is 501. The molecule has 0 spiro atoms. The third-order valence-corrected chi connectivity index (χ3v) is 3.60. The molecule has 2 rings (SSSR count). The molecule has 116 valence electrons. The first-order chi connectivity index (χ1) is 9.72. The number of hydrogen-bond donors (Lipinski definition) is 0. The quantitative estimate of drug-likeness (QED) is 0.855. The van der Waals surface area contributed by atoms with Gasteiger partial charge in [-0.15, -0.1) is 0 Å². The first kappa shape index (κ1) is 15.6. The molecule has 1 amide bonds. The van der Waals surface area contributed by atoms with Crippen molar-refractivity contribution < 1.29 is 14.3 Å². The second-order valence-electron chi connectivity index (χ2n) is 6.69. The average molecular weight is 292 g/mol. The number of likely N-dealkylation sites (N-methyl/N-ethyl adjacent to an activating group) is 1. The van der Waals surface area contributed by atoms with Crippen LogP contribution in [0.3, 0.4) is 0 Å². The zero-order valence-corrected chi connectivity index (χ0v) is 13.5. The molecule has 1 fully saturated rings. The van der Waals surface area contributed by atoms with E-state index >= 15 is 0 Å². The van der Waals surface area contributed by atoms with E-state index in [1.54, 1.807) is 18.1 Å². The third kappa shape index (κ3) is 4.09. The van der Waals surface area contributed by atoms with Crippen LogP contribution in [0, 0.1) is 6.92 Å². The molecule has 0 unspecified atom stereocenters. The fourth-order valence-corrected chi connectivity index (χ4v) is 2.00. The number of pyridine rings is 1. The van der Waals surface area contributed by atoms with Gasteiger partial charge in [0.05, 0.1) is 11.7 Å². The summed E-state index contributed by atoms with van der Waals surface area (Å²) in [6, 6.07) is 3.80. The lowest BCUT2D eigenvalue weighted by molar-refractivity contribution is 0.0139. The number of carbonyl (C=O) groups is 1. The smallest absolute Gasteiger partial charge is 0.410 e. The first-order valence-corrected chi connectivity index (χ1v) is 7.24. The van der Waals surface area contributed by atoms with Crippen LogP contribution in [0.25, 0.3) is 0 Å². The maximum atomic E-state index is 12.1. The molecule has 1 saturated carbocycles. The zero-order valence-electron chi connectivity index (χ0n) is 13.5. The molecule has 0 N–H and O–H groups in total. The van der Waals surface area contributed by atoms with Gasteiger partial charge in [-0.1, -0.05) is 0 Å². The minimum Gasteiger partial charge on any atom is -0.490 e. The zero-order chi connectivity index (χ0) is 15.7. The number of nitrogens with zero attached hydrogens (tertiary/aromatic N) is 2. The number of rotatable bonds is 4. The molecular weight excluding hydrogens is 268 g/mol. The third-order valence-electron chi connectivity index (χ3n) is 3.60. The Hall–Kier alpha value is -1.78. The van der Waals surface area contributed by atoms with Gasteiger partial charge in [0, 0.05) is 12.7 Å². The molecular formula is C16H24N2O3. The number of aromatic nitrogens is 1. The Morgan fingerprint density at radius 1 is 1.38 bits per heavy atom. The van der Waals surface area contributed by atoms with Gasteiger partial charge in [-0.05, 0) is 52.7 Å². The van der Waals surface area contributed by atoms with E-state index in [4.69, 9.17) is 9.47 Å². The molecule has 0 bridgehead atoms. The molecule has 1 aromatic rings. The summed E-state index contributed by atoms with van der Waals surface area (Å²) in [5.41, 5.74) is 0.227. The summed E-state index contributed by atoms with van der Waals surface area (Å²) in [5.74, 6) is 0.726. The first-order valence-electron chi connectivity index (χ1n) is 7.24. The predicted octanol–water partition coefficient (Wildman–Crippen LogP) is 3.17. The highest BCUT2D eigenvalue weighted by atomic mass is 16.6. The van der Waals surface area contributed by atoms with Gasteiger partial charge in [-0.3, -0.25) is 4.98 Å². The predicted molar refractivity (Wildman–Crippen MR) is 80.4 cm³/mol. The monoisotopic (exact) mass is 292 g/mol. The van der Waals surface area contributed by atoms with Crippen LogP contribution in [0.1, 0.15) is 39.3 Å². The second-order valence-corrected chi connectivity index (χ2v) is 6.69. The van der Waals surface area contributed by atoms with Crippen LogP contribution in [0.15, 0.2) is 18.3 Å². The second kappa shape index (κ2) is 5.54. The van der Waals surface area contributed by atoms with E-state index < -0.39 is 5.60 Å².